The van der Waals surface area contributed by atoms with E-state index in [-0.39, 0.29) is 12.2 Å². The topological polar surface area (TPSA) is 124 Å². The summed E-state index contributed by atoms with van der Waals surface area (Å²) >= 11 is 0. The third-order valence-electron chi connectivity index (χ3n) is 4.23. The molecule has 3 rings (SSSR count). The van der Waals surface area contributed by atoms with Gasteiger partial charge in [0.25, 0.3) is 5.56 Å². The molecular weight excluding hydrogens is 346 g/mol. The molecule has 0 saturated heterocycles. The van der Waals surface area contributed by atoms with Gasteiger partial charge in [0.15, 0.2) is 0 Å². The van der Waals surface area contributed by atoms with Crippen LogP contribution in [0.2, 0.25) is 0 Å². The Bertz CT molecular complexity index is 1090. The Kier molecular flexibility index (Phi) is 5.13. The molecule has 0 aliphatic rings. The molecule has 0 aliphatic carbocycles. The Morgan fingerprint density at radius 3 is 2.85 bits per heavy atom. The number of aliphatic hydroxyl groups is 1. The fourth-order valence-electron chi connectivity index (χ4n) is 2.77. The molecule has 3 heterocycles. The number of pyridine rings is 1. The van der Waals surface area contributed by atoms with E-state index in [9.17, 15) is 9.90 Å². The lowest BCUT2D eigenvalue weighted by atomic mass is 10.1. The molecule has 0 bridgehead atoms. The molecular formula is C18H21N7O2. The molecule has 3 aromatic heterocycles. The highest BCUT2D eigenvalue weighted by Crippen LogP contribution is 2.25. The first-order chi connectivity index (χ1) is 13.0. The molecule has 3 N–H and O–H groups in total. The van der Waals surface area contributed by atoms with Gasteiger partial charge in [-0.2, -0.15) is 5.10 Å². The van der Waals surface area contributed by atoms with Gasteiger partial charge in [0.1, 0.15) is 11.2 Å². The molecule has 9 nitrogen and oxygen atoms in total. The summed E-state index contributed by atoms with van der Waals surface area (Å²) in [7, 11) is 3.43. The SMILES string of the molecule is CN=CC(=CN)c1nc(-c2cnn(C)c2)cc2c(=O)n(C(C)CO)cnc12. The van der Waals surface area contributed by atoms with Crippen LogP contribution in [-0.2, 0) is 7.05 Å². The van der Waals surface area contributed by atoms with Gasteiger partial charge in [0.05, 0.1) is 36.3 Å². The minimum absolute atomic E-state index is 0.170. The van der Waals surface area contributed by atoms with Crippen LogP contribution in [0.5, 0.6) is 0 Å². The largest absolute Gasteiger partial charge is 0.404 e. The zero-order chi connectivity index (χ0) is 19.6. The van der Waals surface area contributed by atoms with Crippen LogP contribution in [0.15, 0.2) is 40.8 Å². The van der Waals surface area contributed by atoms with Crippen molar-refractivity contribution in [3.63, 3.8) is 0 Å². The van der Waals surface area contributed by atoms with Gasteiger partial charge < -0.3 is 10.8 Å². The molecule has 0 fully saturated rings. The summed E-state index contributed by atoms with van der Waals surface area (Å²) in [5.74, 6) is 0. The fourth-order valence-corrected chi connectivity index (χ4v) is 2.77. The molecule has 1 unspecified atom stereocenters. The first-order valence-electron chi connectivity index (χ1n) is 8.36. The molecule has 27 heavy (non-hydrogen) atoms. The number of aliphatic imine (C=N–C) groups is 1. The Labute approximate surface area is 155 Å². The van der Waals surface area contributed by atoms with Gasteiger partial charge in [-0.05, 0) is 13.0 Å². The number of hydrogen-bond donors (Lipinski definition) is 2. The molecule has 0 amide bonds. The molecule has 3 aromatic rings. The van der Waals surface area contributed by atoms with E-state index in [1.54, 1.807) is 44.2 Å². The average Bonchev–Trinajstić information content (AvgIpc) is 3.11. The summed E-state index contributed by atoms with van der Waals surface area (Å²) in [6.45, 7) is 1.57. The van der Waals surface area contributed by atoms with Crippen LogP contribution in [0, 0.1) is 0 Å². The first-order valence-corrected chi connectivity index (χ1v) is 8.36. The number of nitrogens with zero attached hydrogens (tertiary/aromatic N) is 6. The van der Waals surface area contributed by atoms with E-state index in [2.05, 4.69) is 20.1 Å². The van der Waals surface area contributed by atoms with E-state index in [4.69, 9.17) is 5.73 Å². The zero-order valence-electron chi connectivity index (χ0n) is 15.4. The van der Waals surface area contributed by atoms with Crippen LogP contribution in [0.3, 0.4) is 0 Å². The summed E-state index contributed by atoms with van der Waals surface area (Å²) < 4.78 is 3.06. The number of allylic oxidation sites excluding steroid dienone is 1. The van der Waals surface area contributed by atoms with Crippen LogP contribution in [0.25, 0.3) is 27.7 Å². The molecule has 0 aromatic carbocycles. The lowest BCUT2D eigenvalue weighted by molar-refractivity contribution is 0.236. The monoisotopic (exact) mass is 367 g/mol. The first kappa shape index (κ1) is 18.5. The van der Waals surface area contributed by atoms with Crippen molar-refractivity contribution in [2.24, 2.45) is 17.8 Å². The van der Waals surface area contributed by atoms with Crippen LogP contribution in [-0.4, -0.2) is 49.3 Å². The molecule has 0 aliphatic heterocycles. The van der Waals surface area contributed by atoms with Crippen molar-refractivity contribution in [2.75, 3.05) is 13.7 Å². The van der Waals surface area contributed by atoms with Crippen LogP contribution in [0.4, 0.5) is 0 Å². The smallest absolute Gasteiger partial charge is 0.261 e. The van der Waals surface area contributed by atoms with E-state index in [1.165, 1.54) is 17.1 Å². The van der Waals surface area contributed by atoms with Gasteiger partial charge in [-0.1, -0.05) is 0 Å². The van der Waals surface area contributed by atoms with Crippen molar-refractivity contribution >= 4 is 22.7 Å². The molecule has 140 valence electrons. The standard InChI is InChI=1S/C18H21N7O2/c1-11(9-26)25-10-21-17-14(18(25)27)4-15(13-7-22-24(3)8-13)23-16(17)12(5-19)6-20-2/h4-8,10-11,26H,9,19H2,1-3H3. The molecule has 1 atom stereocenters. The second-order valence-corrected chi connectivity index (χ2v) is 6.15. The Morgan fingerprint density at radius 2 is 2.26 bits per heavy atom. The molecule has 0 saturated carbocycles. The number of aromatic nitrogens is 5. The number of rotatable bonds is 5. The maximum atomic E-state index is 13.0. The fraction of sp³-hybridized carbons (Fsp3) is 0.278. The highest BCUT2D eigenvalue weighted by Gasteiger charge is 2.17. The van der Waals surface area contributed by atoms with E-state index < -0.39 is 6.04 Å². The molecule has 9 heteroatoms. The Balaban J connectivity index is 2.38. The Morgan fingerprint density at radius 1 is 1.48 bits per heavy atom. The second kappa shape index (κ2) is 7.50. The average molecular weight is 367 g/mol. The van der Waals surface area contributed by atoms with Gasteiger partial charge in [-0.15, -0.1) is 0 Å². The summed E-state index contributed by atoms with van der Waals surface area (Å²) in [6, 6.07) is 1.29. The predicted molar refractivity (Wildman–Crippen MR) is 104 cm³/mol. The van der Waals surface area contributed by atoms with Crippen LogP contribution >= 0.6 is 0 Å². The van der Waals surface area contributed by atoms with Crippen LogP contribution < -0.4 is 11.3 Å². The summed E-state index contributed by atoms with van der Waals surface area (Å²) in [4.78, 5) is 26.1. The van der Waals surface area contributed by atoms with Crippen molar-refractivity contribution in [3.05, 3.63) is 47.0 Å². The normalized spacial score (nSPS) is 13.6. The molecule has 0 radical (unpaired) electrons. The Hall–Kier alpha value is -3.33. The van der Waals surface area contributed by atoms with Gasteiger partial charge in [-0.25, -0.2) is 9.97 Å². The van der Waals surface area contributed by atoms with Crippen molar-refractivity contribution in [2.45, 2.75) is 13.0 Å². The summed E-state index contributed by atoms with van der Waals surface area (Å²) in [5.41, 5.74) is 8.26. The van der Waals surface area contributed by atoms with Gasteiger partial charge >= 0.3 is 0 Å². The predicted octanol–water partition coefficient (Wildman–Crippen LogP) is 0.745. The summed E-state index contributed by atoms with van der Waals surface area (Å²) in [6.07, 6.45) is 7.84. The maximum Gasteiger partial charge on any atom is 0.261 e. The minimum Gasteiger partial charge on any atom is -0.404 e. The van der Waals surface area contributed by atoms with Crippen molar-refractivity contribution in [3.8, 4) is 11.3 Å². The van der Waals surface area contributed by atoms with E-state index in [0.717, 1.165) is 5.56 Å². The minimum atomic E-state index is -0.394. The van der Waals surface area contributed by atoms with E-state index >= 15 is 0 Å². The van der Waals surface area contributed by atoms with Gasteiger partial charge in [0, 0.05) is 43.8 Å². The second-order valence-electron chi connectivity index (χ2n) is 6.15. The lowest BCUT2D eigenvalue weighted by Gasteiger charge is -2.14. The number of fused-ring (bicyclic) bond motifs is 1. The van der Waals surface area contributed by atoms with E-state index in [0.29, 0.717) is 27.9 Å². The van der Waals surface area contributed by atoms with E-state index in [1.807, 2.05) is 6.20 Å². The third kappa shape index (κ3) is 3.36. The number of hydrogen-bond acceptors (Lipinski definition) is 7. The van der Waals surface area contributed by atoms with Crippen molar-refractivity contribution in [1.29, 1.82) is 0 Å². The quantitative estimate of drug-likeness (QED) is 0.641. The van der Waals surface area contributed by atoms with Crippen molar-refractivity contribution < 1.29 is 5.11 Å². The van der Waals surface area contributed by atoms with Gasteiger partial charge in [-0.3, -0.25) is 19.0 Å². The number of aryl methyl sites for hydroxylation is 1. The highest BCUT2D eigenvalue weighted by molar-refractivity contribution is 6.13. The number of aliphatic hydroxyl groups excluding tert-OH is 1. The van der Waals surface area contributed by atoms with Gasteiger partial charge in [0.2, 0.25) is 0 Å². The molecule has 0 spiro atoms. The highest BCUT2D eigenvalue weighted by atomic mass is 16.3. The third-order valence-corrected chi connectivity index (χ3v) is 4.23. The van der Waals surface area contributed by atoms with Crippen LogP contribution in [0.1, 0.15) is 18.7 Å². The lowest BCUT2D eigenvalue weighted by Crippen LogP contribution is -2.26. The van der Waals surface area contributed by atoms with Crippen molar-refractivity contribution in [1.82, 2.24) is 24.3 Å². The summed E-state index contributed by atoms with van der Waals surface area (Å²) in [5, 5.41) is 14.0. The zero-order valence-corrected chi connectivity index (χ0v) is 15.4. The number of nitrogens with two attached hydrogens (primary N) is 1. The maximum absolute atomic E-state index is 13.0.